The molecule has 2 aromatic rings. The summed E-state index contributed by atoms with van der Waals surface area (Å²) in [5, 5.41) is 0. The van der Waals surface area contributed by atoms with Crippen LogP contribution in [-0.4, -0.2) is 8.42 Å². The Morgan fingerprint density at radius 2 is 0.731 bits per heavy atom. The van der Waals surface area contributed by atoms with E-state index in [1.165, 1.54) is 0 Å². The van der Waals surface area contributed by atoms with Gasteiger partial charge in [-0.2, -0.15) is 8.42 Å². The Balaban J connectivity index is 2.74. The van der Waals surface area contributed by atoms with Gasteiger partial charge >= 0.3 is 10.1 Å². The van der Waals surface area contributed by atoms with E-state index in [9.17, 15) is 8.42 Å². The van der Waals surface area contributed by atoms with Gasteiger partial charge in [-0.25, -0.2) is 0 Å². The molecule has 0 unspecified atom stereocenters. The lowest BCUT2D eigenvalue weighted by atomic mass is 10.3. The minimum absolute atomic E-state index is 0.0755. The molecule has 2 aromatic carbocycles. The van der Waals surface area contributed by atoms with Gasteiger partial charge in [-0.3, -0.25) is 0 Å². The highest BCUT2D eigenvalue weighted by Crippen LogP contribution is 2.51. The van der Waals surface area contributed by atoms with Gasteiger partial charge in [0.05, 0.1) is 26.8 Å². The Labute approximate surface area is 233 Å². The van der Waals surface area contributed by atoms with Gasteiger partial charge in [-0.1, -0.05) is 0 Å². The second-order valence-electron chi connectivity index (χ2n) is 4.34. The van der Waals surface area contributed by atoms with E-state index in [1.54, 1.807) is 0 Å². The summed E-state index contributed by atoms with van der Waals surface area (Å²) in [5.74, 6) is 0.0842. The molecule has 0 aliphatic heterocycles. The van der Waals surface area contributed by atoms with Crippen molar-refractivity contribution >= 4 is 169 Å². The van der Waals surface area contributed by atoms with Crippen molar-refractivity contribution in [2.24, 2.45) is 0 Å². The smallest absolute Gasteiger partial charge is 0.341 e. The van der Waals surface area contributed by atoms with Crippen molar-refractivity contribution in [1.82, 2.24) is 0 Å². The Morgan fingerprint density at radius 1 is 0.462 bits per heavy atom. The number of hydrogen-bond acceptors (Lipinski definition) is 3. The quantitative estimate of drug-likeness (QED) is 0.175. The predicted molar refractivity (Wildman–Crippen MR) is 138 cm³/mol. The molecule has 0 aliphatic rings. The minimum atomic E-state index is -4.22. The van der Waals surface area contributed by atoms with Crippen molar-refractivity contribution in [2.45, 2.75) is 4.90 Å². The van der Waals surface area contributed by atoms with E-state index in [0.717, 1.165) is 0 Å². The predicted octanol–water partition coefficient (Wildman–Crippen LogP) is 10.1. The summed E-state index contributed by atoms with van der Waals surface area (Å²) in [4.78, 5) is -0.0755. The first-order valence-electron chi connectivity index (χ1n) is 5.80. The number of hydrogen-bond donors (Lipinski definition) is 0. The van der Waals surface area contributed by atoms with E-state index in [-0.39, 0.29) is 10.6 Å². The fourth-order valence-corrected chi connectivity index (χ4v) is 10.6. The topological polar surface area (TPSA) is 43.4 Å². The summed E-state index contributed by atoms with van der Waals surface area (Å²) >= 11 is 33.6. The van der Waals surface area contributed by atoms with E-state index in [2.05, 4.69) is 159 Å². The first-order valence-corrected chi connectivity index (χ1v) is 15.1. The summed E-state index contributed by atoms with van der Waals surface area (Å²) in [5.41, 5.74) is 0. The Kier molecular flexibility index (Phi) is 9.36. The van der Waals surface area contributed by atoms with E-state index < -0.39 is 10.1 Å². The Bertz CT molecular complexity index is 977. The van der Waals surface area contributed by atoms with Crippen LogP contribution in [0.5, 0.6) is 5.75 Å². The number of rotatable bonds is 3. The second kappa shape index (κ2) is 9.64. The summed E-state index contributed by atoms with van der Waals surface area (Å²) in [7, 11) is -4.22. The standard InChI is InChI=1S/C12Br10O3S/c13-1-3(15)7(19)11(8(20)4(1)16)25-26(23,24)12-9(21)5(17)2(14)6(18)10(12)22. The van der Waals surface area contributed by atoms with Crippen molar-refractivity contribution in [1.29, 1.82) is 0 Å². The van der Waals surface area contributed by atoms with Crippen LogP contribution in [-0.2, 0) is 10.1 Å². The highest BCUT2D eigenvalue weighted by atomic mass is 79.9. The SMILES string of the molecule is O=S(=O)(Oc1c(Br)c(Br)c(Br)c(Br)c1Br)c1c(Br)c(Br)c(Br)c(Br)c1Br. The molecule has 0 aliphatic carbocycles. The molecule has 3 nitrogen and oxygen atoms in total. The molecule has 0 amide bonds. The van der Waals surface area contributed by atoms with Crippen LogP contribution in [0, 0.1) is 0 Å². The van der Waals surface area contributed by atoms with Crippen molar-refractivity contribution < 1.29 is 12.6 Å². The fourth-order valence-electron chi connectivity index (χ4n) is 1.61. The molecule has 0 bridgehead atoms. The summed E-state index contributed by atoms with van der Waals surface area (Å²) in [6.07, 6.45) is 0. The first-order chi connectivity index (χ1) is 11.8. The van der Waals surface area contributed by atoms with Crippen LogP contribution < -0.4 is 4.18 Å². The lowest BCUT2D eigenvalue weighted by Gasteiger charge is -2.17. The summed E-state index contributed by atoms with van der Waals surface area (Å²) in [6, 6.07) is 0. The van der Waals surface area contributed by atoms with Gasteiger partial charge in [-0.05, 0) is 159 Å². The van der Waals surface area contributed by atoms with Gasteiger partial charge in [-0.15, -0.1) is 0 Å². The number of halogens is 10. The van der Waals surface area contributed by atoms with Gasteiger partial charge in [0.15, 0.2) is 5.75 Å². The summed E-state index contributed by atoms with van der Waals surface area (Å²) in [6.45, 7) is 0. The third-order valence-corrected chi connectivity index (χ3v) is 16.7. The molecule has 14 heteroatoms. The van der Waals surface area contributed by atoms with Crippen LogP contribution in [0.1, 0.15) is 0 Å². The molecule has 26 heavy (non-hydrogen) atoms. The third kappa shape index (κ3) is 4.74. The van der Waals surface area contributed by atoms with E-state index in [4.69, 9.17) is 4.18 Å². The van der Waals surface area contributed by atoms with Crippen LogP contribution in [0.15, 0.2) is 49.6 Å². The monoisotopic (exact) mass is 1010 g/mol. The van der Waals surface area contributed by atoms with Gasteiger partial charge in [0.2, 0.25) is 0 Å². The van der Waals surface area contributed by atoms with Crippen molar-refractivity contribution in [2.75, 3.05) is 0 Å². The summed E-state index contributed by atoms with van der Waals surface area (Å²) < 4.78 is 36.6. The molecule has 142 valence electrons. The van der Waals surface area contributed by atoms with Gasteiger partial charge in [0.25, 0.3) is 0 Å². The van der Waals surface area contributed by atoms with Gasteiger partial charge in [0.1, 0.15) is 4.90 Å². The maximum absolute atomic E-state index is 13.0. The normalized spacial score (nSPS) is 11.8. The molecule has 0 atom stereocenters. The average Bonchev–Trinajstić information content (AvgIpc) is 2.58. The minimum Gasteiger partial charge on any atom is -0.376 e. The van der Waals surface area contributed by atoms with Crippen LogP contribution in [0.2, 0.25) is 0 Å². The molecule has 0 heterocycles. The molecule has 0 fully saturated rings. The van der Waals surface area contributed by atoms with Crippen LogP contribution in [0.25, 0.3) is 0 Å². The first kappa shape index (κ1) is 25.3. The Morgan fingerprint density at radius 3 is 1.08 bits per heavy atom. The lowest BCUT2D eigenvalue weighted by molar-refractivity contribution is 0.481. The van der Waals surface area contributed by atoms with Crippen molar-refractivity contribution in [3.05, 3.63) is 44.7 Å². The molecular weight excluding hydrogens is 1020 g/mol. The molecular formula is C12Br10O3S. The second-order valence-corrected chi connectivity index (χ2v) is 13.7. The molecule has 0 aromatic heterocycles. The average molecular weight is 1020 g/mol. The van der Waals surface area contributed by atoms with Gasteiger partial charge < -0.3 is 4.18 Å². The van der Waals surface area contributed by atoms with E-state index >= 15 is 0 Å². The zero-order valence-corrected chi connectivity index (χ0v) is 28.1. The lowest BCUT2D eigenvalue weighted by Crippen LogP contribution is -2.13. The fraction of sp³-hybridized carbons (Fsp3) is 0. The van der Waals surface area contributed by atoms with Crippen LogP contribution >= 0.6 is 159 Å². The zero-order chi connectivity index (χ0) is 20.1. The maximum Gasteiger partial charge on any atom is 0.341 e. The third-order valence-electron chi connectivity index (χ3n) is 2.78. The highest BCUT2D eigenvalue weighted by Gasteiger charge is 2.31. The van der Waals surface area contributed by atoms with Gasteiger partial charge in [0, 0.05) is 17.9 Å². The van der Waals surface area contributed by atoms with Crippen LogP contribution in [0.3, 0.4) is 0 Å². The highest BCUT2D eigenvalue weighted by molar-refractivity contribution is 9.16. The van der Waals surface area contributed by atoms with E-state index in [1.807, 2.05) is 0 Å². The maximum atomic E-state index is 13.0. The molecule has 0 saturated carbocycles. The Hall–Kier alpha value is 2.99. The molecule has 0 N–H and O–H groups in total. The number of benzene rings is 2. The molecule has 0 spiro atoms. The zero-order valence-electron chi connectivity index (χ0n) is 11.4. The molecule has 0 radical (unpaired) electrons. The van der Waals surface area contributed by atoms with Crippen molar-refractivity contribution in [3.63, 3.8) is 0 Å². The van der Waals surface area contributed by atoms with E-state index in [0.29, 0.717) is 44.7 Å². The van der Waals surface area contributed by atoms with Crippen LogP contribution in [0.4, 0.5) is 0 Å². The van der Waals surface area contributed by atoms with Crippen molar-refractivity contribution in [3.8, 4) is 5.75 Å². The molecule has 0 saturated heterocycles. The largest absolute Gasteiger partial charge is 0.376 e. The molecule has 2 rings (SSSR count).